The number of fused-ring (bicyclic) bond motifs is 1. The second-order valence-electron chi connectivity index (χ2n) is 4.74. The molecule has 0 atom stereocenters. The van der Waals surface area contributed by atoms with E-state index in [9.17, 15) is 4.79 Å². The SMILES string of the molecule is CC(C)NCC(=O)OCc1ccc2c(c1)CCO2. The maximum absolute atomic E-state index is 11.4. The van der Waals surface area contributed by atoms with Gasteiger partial charge < -0.3 is 14.8 Å². The first-order valence-electron chi connectivity index (χ1n) is 6.29. The van der Waals surface area contributed by atoms with E-state index in [1.807, 2.05) is 32.0 Å². The smallest absolute Gasteiger partial charge is 0.320 e. The molecule has 0 fully saturated rings. The molecule has 4 heteroatoms. The van der Waals surface area contributed by atoms with Crippen LogP contribution in [-0.4, -0.2) is 25.2 Å². The van der Waals surface area contributed by atoms with Gasteiger partial charge in [0.2, 0.25) is 0 Å². The number of carbonyl (C=O) groups excluding carboxylic acids is 1. The number of benzene rings is 1. The summed E-state index contributed by atoms with van der Waals surface area (Å²) in [6.45, 7) is 5.32. The van der Waals surface area contributed by atoms with Crippen molar-refractivity contribution in [2.45, 2.75) is 32.9 Å². The fourth-order valence-corrected chi connectivity index (χ4v) is 1.83. The fraction of sp³-hybridized carbons (Fsp3) is 0.500. The first kappa shape index (κ1) is 12.9. The highest BCUT2D eigenvalue weighted by atomic mass is 16.5. The van der Waals surface area contributed by atoms with Crippen molar-refractivity contribution in [3.05, 3.63) is 29.3 Å². The number of carbonyl (C=O) groups is 1. The topological polar surface area (TPSA) is 47.6 Å². The van der Waals surface area contributed by atoms with Gasteiger partial charge in [0.15, 0.2) is 0 Å². The Bertz CT molecular complexity index is 429. The predicted octanol–water partition coefficient (Wildman–Crippen LogP) is 1.66. The number of esters is 1. The molecule has 1 aliphatic rings. The lowest BCUT2D eigenvalue weighted by Crippen LogP contribution is -2.30. The Morgan fingerprint density at radius 1 is 1.50 bits per heavy atom. The first-order chi connectivity index (χ1) is 8.65. The Balaban J connectivity index is 1.81. The Hall–Kier alpha value is -1.55. The third-order valence-electron chi connectivity index (χ3n) is 2.81. The van der Waals surface area contributed by atoms with Crippen molar-refractivity contribution < 1.29 is 14.3 Å². The molecule has 0 radical (unpaired) electrons. The zero-order valence-electron chi connectivity index (χ0n) is 10.9. The summed E-state index contributed by atoms with van der Waals surface area (Å²) in [4.78, 5) is 11.4. The molecular formula is C14H19NO3. The maximum atomic E-state index is 11.4. The molecule has 2 rings (SSSR count). The minimum absolute atomic E-state index is 0.222. The van der Waals surface area contributed by atoms with Crippen molar-refractivity contribution in [3.63, 3.8) is 0 Å². The van der Waals surface area contributed by atoms with Gasteiger partial charge in [0.1, 0.15) is 12.4 Å². The van der Waals surface area contributed by atoms with Crippen molar-refractivity contribution in [2.24, 2.45) is 0 Å². The Kier molecular flexibility index (Phi) is 4.20. The predicted molar refractivity (Wildman–Crippen MR) is 68.6 cm³/mol. The van der Waals surface area contributed by atoms with Crippen molar-refractivity contribution in [1.82, 2.24) is 5.32 Å². The van der Waals surface area contributed by atoms with Gasteiger partial charge in [-0.3, -0.25) is 4.79 Å². The van der Waals surface area contributed by atoms with Crippen LogP contribution in [0.3, 0.4) is 0 Å². The Morgan fingerprint density at radius 2 is 2.33 bits per heavy atom. The Morgan fingerprint density at radius 3 is 3.11 bits per heavy atom. The van der Waals surface area contributed by atoms with Gasteiger partial charge in [0.05, 0.1) is 13.2 Å². The van der Waals surface area contributed by atoms with E-state index in [2.05, 4.69) is 5.32 Å². The summed E-state index contributed by atoms with van der Waals surface area (Å²) in [7, 11) is 0. The lowest BCUT2D eigenvalue weighted by atomic mass is 10.1. The van der Waals surface area contributed by atoms with Crippen LogP contribution in [-0.2, 0) is 22.6 Å². The van der Waals surface area contributed by atoms with Crippen molar-refractivity contribution in [1.29, 1.82) is 0 Å². The molecule has 0 aromatic heterocycles. The van der Waals surface area contributed by atoms with Crippen LogP contribution >= 0.6 is 0 Å². The molecule has 1 heterocycles. The molecule has 0 aliphatic carbocycles. The summed E-state index contributed by atoms with van der Waals surface area (Å²) in [6, 6.07) is 6.21. The average molecular weight is 249 g/mol. The first-order valence-corrected chi connectivity index (χ1v) is 6.29. The lowest BCUT2D eigenvalue weighted by molar-refractivity contribution is -0.143. The van der Waals surface area contributed by atoms with E-state index in [1.54, 1.807) is 0 Å². The molecule has 0 amide bonds. The van der Waals surface area contributed by atoms with E-state index in [4.69, 9.17) is 9.47 Å². The normalized spacial score (nSPS) is 13.3. The van der Waals surface area contributed by atoms with Crippen LogP contribution in [0.15, 0.2) is 18.2 Å². The van der Waals surface area contributed by atoms with Crippen molar-refractivity contribution in [3.8, 4) is 5.75 Å². The van der Waals surface area contributed by atoms with Crippen LogP contribution in [0.25, 0.3) is 0 Å². The van der Waals surface area contributed by atoms with Gasteiger partial charge in [-0.25, -0.2) is 0 Å². The van der Waals surface area contributed by atoms with Gasteiger partial charge in [-0.2, -0.15) is 0 Å². The van der Waals surface area contributed by atoms with Crippen LogP contribution in [0.1, 0.15) is 25.0 Å². The van der Waals surface area contributed by atoms with Gasteiger partial charge in [-0.1, -0.05) is 19.9 Å². The van der Waals surface area contributed by atoms with Crippen molar-refractivity contribution in [2.75, 3.05) is 13.2 Å². The quantitative estimate of drug-likeness (QED) is 0.806. The summed E-state index contributed by atoms with van der Waals surface area (Å²) in [5.41, 5.74) is 2.21. The average Bonchev–Trinajstić information content (AvgIpc) is 2.81. The van der Waals surface area contributed by atoms with Crippen molar-refractivity contribution >= 4 is 5.97 Å². The zero-order valence-corrected chi connectivity index (χ0v) is 10.9. The Labute approximate surface area is 107 Å². The highest BCUT2D eigenvalue weighted by Gasteiger charge is 2.12. The van der Waals surface area contributed by atoms with E-state index in [0.717, 1.165) is 24.3 Å². The second-order valence-corrected chi connectivity index (χ2v) is 4.74. The molecule has 0 saturated heterocycles. The van der Waals surface area contributed by atoms with Gasteiger partial charge in [0.25, 0.3) is 0 Å². The highest BCUT2D eigenvalue weighted by Crippen LogP contribution is 2.25. The van der Waals surface area contributed by atoms with Crippen LogP contribution < -0.4 is 10.1 Å². The molecular weight excluding hydrogens is 230 g/mol. The molecule has 98 valence electrons. The number of rotatable bonds is 5. The van der Waals surface area contributed by atoms with Gasteiger partial charge in [0, 0.05) is 12.5 Å². The van der Waals surface area contributed by atoms with Crippen LogP contribution in [0, 0.1) is 0 Å². The molecule has 18 heavy (non-hydrogen) atoms. The number of hydrogen-bond acceptors (Lipinski definition) is 4. The van der Waals surface area contributed by atoms with E-state index >= 15 is 0 Å². The lowest BCUT2D eigenvalue weighted by Gasteiger charge is -2.09. The summed E-state index contributed by atoms with van der Waals surface area (Å²) in [5, 5.41) is 3.03. The van der Waals surface area contributed by atoms with E-state index in [-0.39, 0.29) is 18.6 Å². The van der Waals surface area contributed by atoms with E-state index in [1.165, 1.54) is 5.56 Å². The fourth-order valence-electron chi connectivity index (χ4n) is 1.83. The third kappa shape index (κ3) is 3.47. The number of hydrogen-bond donors (Lipinski definition) is 1. The van der Waals surface area contributed by atoms with Gasteiger partial charge >= 0.3 is 5.97 Å². The summed E-state index contributed by atoms with van der Waals surface area (Å²) < 4.78 is 10.6. The van der Waals surface area contributed by atoms with Gasteiger partial charge in [-0.05, 0) is 23.3 Å². The number of ether oxygens (including phenoxy) is 2. The monoisotopic (exact) mass is 249 g/mol. The highest BCUT2D eigenvalue weighted by molar-refractivity contribution is 5.71. The molecule has 0 spiro atoms. The van der Waals surface area contributed by atoms with Crippen LogP contribution in [0.4, 0.5) is 0 Å². The zero-order chi connectivity index (χ0) is 13.0. The molecule has 1 N–H and O–H groups in total. The van der Waals surface area contributed by atoms with Gasteiger partial charge in [-0.15, -0.1) is 0 Å². The van der Waals surface area contributed by atoms with Crippen LogP contribution in [0.5, 0.6) is 5.75 Å². The summed E-state index contributed by atoms with van der Waals surface area (Å²) >= 11 is 0. The molecule has 1 aromatic rings. The molecule has 0 saturated carbocycles. The standard InChI is InChI=1S/C14H19NO3/c1-10(2)15-8-14(16)18-9-11-3-4-13-12(7-11)5-6-17-13/h3-4,7,10,15H,5-6,8-9H2,1-2H3. The van der Waals surface area contributed by atoms with E-state index in [0.29, 0.717) is 6.61 Å². The second kappa shape index (κ2) is 5.87. The summed E-state index contributed by atoms with van der Waals surface area (Å²) in [5.74, 6) is 0.729. The summed E-state index contributed by atoms with van der Waals surface area (Å²) in [6.07, 6.45) is 0.937. The maximum Gasteiger partial charge on any atom is 0.320 e. The molecule has 4 nitrogen and oxygen atoms in total. The van der Waals surface area contributed by atoms with Crippen LogP contribution in [0.2, 0.25) is 0 Å². The third-order valence-corrected chi connectivity index (χ3v) is 2.81. The largest absolute Gasteiger partial charge is 0.493 e. The molecule has 0 bridgehead atoms. The van der Waals surface area contributed by atoms with E-state index < -0.39 is 0 Å². The molecule has 0 unspecified atom stereocenters. The molecule has 1 aliphatic heterocycles. The minimum Gasteiger partial charge on any atom is -0.493 e. The number of nitrogens with one attached hydrogen (secondary N) is 1. The minimum atomic E-state index is -0.222. The molecule has 1 aromatic carbocycles.